The van der Waals surface area contributed by atoms with Crippen LogP contribution in [-0.4, -0.2) is 31.1 Å². The van der Waals surface area contributed by atoms with E-state index >= 15 is 0 Å². The predicted octanol–water partition coefficient (Wildman–Crippen LogP) is 0.897. The number of carbonyl (C=O) groups excluding carboxylic acids is 1. The van der Waals surface area contributed by atoms with Crippen molar-refractivity contribution in [3.8, 4) is 6.07 Å². The Kier molecular flexibility index (Phi) is 6.12. The van der Waals surface area contributed by atoms with E-state index in [4.69, 9.17) is 10.00 Å². The second-order valence-electron chi connectivity index (χ2n) is 2.36. The molecule has 0 radical (unpaired) electrons. The third-order valence-electron chi connectivity index (χ3n) is 1.30. The zero-order valence-electron chi connectivity index (χ0n) is 8.61. The van der Waals surface area contributed by atoms with Crippen molar-refractivity contribution in [1.29, 1.82) is 5.26 Å². The highest BCUT2D eigenvalue weighted by Crippen LogP contribution is 1.96. The van der Waals surface area contributed by atoms with Gasteiger partial charge in [0.15, 0.2) is 5.90 Å². The van der Waals surface area contributed by atoms with Gasteiger partial charge in [0, 0.05) is 6.92 Å². The molecule has 0 N–H and O–H groups in total. The van der Waals surface area contributed by atoms with Gasteiger partial charge in [-0.15, -0.1) is 0 Å². The highest BCUT2D eigenvalue weighted by atomic mass is 16.5. The van der Waals surface area contributed by atoms with Gasteiger partial charge in [-0.2, -0.15) is 5.26 Å². The quantitative estimate of drug-likeness (QED) is 0.382. The highest BCUT2D eigenvalue weighted by molar-refractivity contribution is 5.83. The van der Waals surface area contributed by atoms with Crippen molar-refractivity contribution in [2.45, 2.75) is 26.8 Å². The molecule has 0 rings (SSSR count). The lowest BCUT2D eigenvalue weighted by Crippen LogP contribution is -2.21. The molecule has 0 amide bonds. The van der Waals surface area contributed by atoms with E-state index in [2.05, 4.69) is 9.73 Å². The van der Waals surface area contributed by atoms with Gasteiger partial charge in [0.05, 0.1) is 13.2 Å². The van der Waals surface area contributed by atoms with E-state index in [1.807, 2.05) is 0 Å². The Balaban J connectivity index is 4.36. The number of aliphatic imine (C=N–C) groups is 1. The maximum atomic E-state index is 11.1. The van der Waals surface area contributed by atoms with Crippen molar-refractivity contribution in [2.24, 2.45) is 4.99 Å². The molecule has 0 fully saturated rings. The van der Waals surface area contributed by atoms with Gasteiger partial charge in [-0.3, -0.25) is 0 Å². The standard InChI is InChI=1S/C9H14N2O3/c1-4-13-7(3)11-8(6-10)9(12)14-5-2/h8H,4-5H2,1-3H3. The van der Waals surface area contributed by atoms with E-state index in [1.54, 1.807) is 26.8 Å². The molecule has 78 valence electrons. The molecule has 0 aromatic carbocycles. The average Bonchev–Trinajstić information content (AvgIpc) is 2.15. The Morgan fingerprint density at radius 3 is 2.43 bits per heavy atom. The maximum Gasteiger partial charge on any atom is 0.345 e. The summed E-state index contributed by atoms with van der Waals surface area (Å²) in [6.45, 7) is 5.75. The number of hydrogen-bond donors (Lipinski definition) is 0. The van der Waals surface area contributed by atoms with E-state index in [9.17, 15) is 4.79 Å². The van der Waals surface area contributed by atoms with Crippen LogP contribution in [0.1, 0.15) is 20.8 Å². The van der Waals surface area contributed by atoms with E-state index in [0.29, 0.717) is 12.5 Å². The zero-order chi connectivity index (χ0) is 11.0. The van der Waals surface area contributed by atoms with Crippen LogP contribution in [0.3, 0.4) is 0 Å². The Morgan fingerprint density at radius 1 is 1.43 bits per heavy atom. The summed E-state index contributed by atoms with van der Waals surface area (Å²) >= 11 is 0. The smallest absolute Gasteiger partial charge is 0.345 e. The molecule has 5 heteroatoms. The topological polar surface area (TPSA) is 71.7 Å². The second kappa shape index (κ2) is 6.89. The van der Waals surface area contributed by atoms with Gasteiger partial charge >= 0.3 is 5.97 Å². The van der Waals surface area contributed by atoms with Crippen LogP contribution in [0.15, 0.2) is 4.99 Å². The van der Waals surface area contributed by atoms with Gasteiger partial charge in [-0.25, -0.2) is 9.79 Å². The molecule has 0 saturated heterocycles. The fraction of sp³-hybridized carbons (Fsp3) is 0.667. The molecule has 1 unspecified atom stereocenters. The van der Waals surface area contributed by atoms with Crippen molar-refractivity contribution < 1.29 is 14.3 Å². The summed E-state index contributed by atoms with van der Waals surface area (Å²) < 4.78 is 9.64. The van der Waals surface area contributed by atoms with E-state index < -0.39 is 12.0 Å². The summed E-state index contributed by atoms with van der Waals surface area (Å²) in [4.78, 5) is 14.9. The summed E-state index contributed by atoms with van der Waals surface area (Å²) in [5, 5.41) is 8.63. The van der Waals surface area contributed by atoms with Crippen LogP contribution in [-0.2, 0) is 14.3 Å². The average molecular weight is 198 g/mol. The van der Waals surface area contributed by atoms with E-state index in [1.165, 1.54) is 0 Å². The van der Waals surface area contributed by atoms with Crippen molar-refractivity contribution in [1.82, 2.24) is 0 Å². The fourth-order valence-corrected chi connectivity index (χ4v) is 0.783. The van der Waals surface area contributed by atoms with Crippen LogP contribution in [0.4, 0.5) is 0 Å². The number of esters is 1. The first-order chi connectivity index (χ1) is 6.65. The van der Waals surface area contributed by atoms with Gasteiger partial charge in [0.1, 0.15) is 6.07 Å². The molecular weight excluding hydrogens is 184 g/mol. The van der Waals surface area contributed by atoms with Crippen molar-refractivity contribution in [2.75, 3.05) is 13.2 Å². The van der Waals surface area contributed by atoms with Crippen LogP contribution in [0, 0.1) is 11.3 Å². The number of carbonyl (C=O) groups is 1. The summed E-state index contributed by atoms with van der Waals surface area (Å²) in [6.07, 6.45) is 0. The second-order valence-corrected chi connectivity index (χ2v) is 2.36. The molecule has 0 aliphatic carbocycles. The first-order valence-electron chi connectivity index (χ1n) is 4.39. The maximum absolute atomic E-state index is 11.1. The largest absolute Gasteiger partial charge is 0.481 e. The Morgan fingerprint density at radius 2 is 2.00 bits per heavy atom. The summed E-state index contributed by atoms with van der Waals surface area (Å²) in [6, 6.07) is 0.610. The minimum atomic E-state index is -1.12. The molecule has 0 bridgehead atoms. The fourth-order valence-electron chi connectivity index (χ4n) is 0.783. The summed E-state index contributed by atoms with van der Waals surface area (Å²) in [5.74, 6) is -0.332. The lowest BCUT2D eigenvalue weighted by Gasteiger charge is -2.05. The van der Waals surface area contributed by atoms with Gasteiger partial charge in [0.2, 0.25) is 6.04 Å². The molecule has 0 aliphatic rings. The molecule has 5 nitrogen and oxygen atoms in total. The lowest BCUT2D eigenvalue weighted by atomic mass is 10.3. The van der Waals surface area contributed by atoms with Crippen molar-refractivity contribution in [3.05, 3.63) is 0 Å². The third-order valence-corrected chi connectivity index (χ3v) is 1.30. The minimum absolute atomic E-state index is 0.236. The SMILES string of the molecule is CCOC(=O)C(C#N)N=C(C)OCC. The third kappa shape index (κ3) is 4.45. The van der Waals surface area contributed by atoms with Gasteiger partial charge < -0.3 is 9.47 Å². The molecule has 0 aromatic heterocycles. The molecule has 0 saturated carbocycles. The minimum Gasteiger partial charge on any atom is -0.481 e. The molecular formula is C9H14N2O3. The zero-order valence-corrected chi connectivity index (χ0v) is 8.61. The predicted molar refractivity (Wildman–Crippen MR) is 50.8 cm³/mol. The summed E-state index contributed by atoms with van der Waals surface area (Å²) in [7, 11) is 0. The van der Waals surface area contributed by atoms with Crippen LogP contribution in [0.25, 0.3) is 0 Å². The van der Waals surface area contributed by atoms with Crippen molar-refractivity contribution >= 4 is 11.9 Å². The first kappa shape index (κ1) is 12.4. The molecule has 14 heavy (non-hydrogen) atoms. The number of nitrogens with zero attached hydrogens (tertiary/aromatic N) is 2. The van der Waals surface area contributed by atoms with Crippen LogP contribution >= 0.6 is 0 Å². The van der Waals surface area contributed by atoms with Gasteiger partial charge in [-0.1, -0.05) is 0 Å². The van der Waals surface area contributed by atoms with Crippen molar-refractivity contribution in [3.63, 3.8) is 0 Å². The summed E-state index contributed by atoms with van der Waals surface area (Å²) in [5.41, 5.74) is 0. The lowest BCUT2D eigenvalue weighted by molar-refractivity contribution is -0.143. The van der Waals surface area contributed by atoms with Gasteiger partial charge in [-0.05, 0) is 13.8 Å². The Labute approximate surface area is 83.3 Å². The molecule has 0 aliphatic heterocycles. The van der Waals surface area contributed by atoms with Crippen LogP contribution < -0.4 is 0 Å². The number of nitriles is 1. The normalized spacial score (nSPS) is 12.9. The molecule has 0 heterocycles. The molecule has 0 aromatic rings. The number of ether oxygens (including phenoxy) is 2. The number of hydrogen-bond acceptors (Lipinski definition) is 5. The van der Waals surface area contributed by atoms with Crippen LogP contribution in [0.2, 0.25) is 0 Å². The van der Waals surface area contributed by atoms with E-state index in [-0.39, 0.29) is 6.61 Å². The Hall–Kier alpha value is -1.57. The Bertz CT molecular complexity index is 255. The van der Waals surface area contributed by atoms with Crippen LogP contribution in [0.5, 0.6) is 0 Å². The highest BCUT2D eigenvalue weighted by Gasteiger charge is 2.18. The van der Waals surface area contributed by atoms with E-state index in [0.717, 1.165) is 0 Å². The molecule has 1 atom stereocenters. The first-order valence-corrected chi connectivity index (χ1v) is 4.39. The molecule has 0 spiro atoms. The monoisotopic (exact) mass is 198 g/mol. The number of rotatable bonds is 4. The van der Waals surface area contributed by atoms with Gasteiger partial charge in [0.25, 0.3) is 0 Å².